The lowest BCUT2D eigenvalue weighted by molar-refractivity contribution is -0.134. The van der Waals surface area contributed by atoms with Crippen LogP contribution in [-0.4, -0.2) is 89.3 Å². The van der Waals surface area contributed by atoms with E-state index in [1.165, 1.54) is 6.07 Å². The van der Waals surface area contributed by atoms with Crippen molar-refractivity contribution < 1.29 is 28.0 Å². The van der Waals surface area contributed by atoms with Gasteiger partial charge in [0.15, 0.2) is 11.6 Å². The van der Waals surface area contributed by atoms with Gasteiger partial charge in [0.1, 0.15) is 5.82 Å². The van der Waals surface area contributed by atoms with E-state index in [4.69, 9.17) is 11.6 Å². The summed E-state index contributed by atoms with van der Waals surface area (Å²) >= 11 is 6.15. The molecule has 5 aromatic rings. The molecule has 8 rings (SSSR count). The Morgan fingerprint density at radius 2 is 1.46 bits per heavy atom. The van der Waals surface area contributed by atoms with Crippen LogP contribution in [0, 0.1) is 17.6 Å². The molecule has 0 aliphatic carbocycles. The number of para-hydroxylation sites is 1. The lowest BCUT2D eigenvalue weighted by Crippen LogP contribution is -2.48. The number of nitrogens with zero attached hydrogens (tertiary/aromatic N) is 5. The zero-order valence-corrected chi connectivity index (χ0v) is 35.1. The molecule has 0 spiro atoms. The number of hydrogen-bond donors (Lipinski definition) is 5. The van der Waals surface area contributed by atoms with Gasteiger partial charge in [-0.15, -0.1) is 0 Å². The summed E-state index contributed by atoms with van der Waals surface area (Å²) in [7, 11) is 0. The first-order valence-corrected chi connectivity index (χ1v) is 21.4. The van der Waals surface area contributed by atoms with Crippen LogP contribution in [0.2, 0.25) is 5.02 Å². The summed E-state index contributed by atoms with van der Waals surface area (Å²) in [6, 6.07) is 25.3. The van der Waals surface area contributed by atoms with E-state index in [2.05, 4.69) is 46.5 Å². The lowest BCUT2D eigenvalue weighted by atomic mass is 9.90. The van der Waals surface area contributed by atoms with Crippen LogP contribution in [0.1, 0.15) is 64.3 Å². The molecule has 5 N–H and O–H groups in total. The molecule has 0 saturated carbocycles. The van der Waals surface area contributed by atoms with Crippen molar-refractivity contribution in [2.45, 2.75) is 38.0 Å². The van der Waals surface area contributed by atoms with Crippen LogP contribution in [0.5, 0.6) is 0 Å². The molecule has 3 saturated heterocycles. The van der Waals surface area contributed by atoms with E-state index in [1.807, 2.05) is 11.1 Å². The zero-order chi connectivity index (χ0) is 43.9. The van der Waals surface area contributed by atoms with Crippen molar-refractivity contribution in [3.8, 4) is 0 Å². The SMILES string of the molecule is O=C1CCC(c2ccc(N3CCN(CCC4CCN(NC(=O)c5ccc(Nc6ncc(F)c(Nc7ccc(C(=O)Nc8ccccc8Cl)cc7)n6)cc5)CC4)CC3)cc2F)C(=O)N1. The van der Waals surface area contributed by atoms with Crippen molar-refractivity contribution in [1.82, 2.24) is 30.6 Å². The van der Waals surface area contributed by atoms with Gasteiger partial charge in [-0.1, -0.05) is 29.8 Å². The highest BCUT2D eigenvalue weighted by Crippen LogP contribution is 2.31. The largest absolute Gasteiger partial charge is 0.369 e. The van der Waals surface area contributed by atoms with Gasteiger partial charge >= 0.3 is 0 Å². The van der Waals surface area contributed by atoms with Crippen LogP contribution in [0.3, 0.4) is 0 Å². The highest BCUT2D eigenvalue weighted by molar-refractivity contribution is 6.33. The normalized spacial score (nSPS) is 17.5. The third-order valence-corrected chi connectivity index (χ3v) is 12.1. The van der Waals surface area contributed by atoms with Crippen LogP contribution in [0.25, 0.3) is 0 Å². The van der Waals surface area contributed by atoms with Gasteiger partial charge in [-0.05, 0) is 111 Å². The minimum atomic E-state index is -0.666. The number of amides is 4. The predicted molar refractivity (Wildman–Crippen MR) is 237 cm³/mol. The number of halogens is 3. The van der Waals surface area contributed by atoms with Crippen molar-refractivity contribution >= 4 is 69.7 Å². The van der Waals surface area contributed by atoms with Gasteiger partial charge in [-0.3, -0.25) is 34.8 Å². The molecular formula is C46H47ClF2N10O4. The number of hydrazine groups is 1. The molecule has 14 nitrogen and oxygen atoms in total. The third kappa shape index (κ3) is 10.9. The average molecular weight is 877 g/mol. The summed E-state index contributed by atoms with van der Waals surface area (Å²) in [5, 5.41) is 13.4. The number of benzene rings is 4. The van der Waals surface area contributed by atoms with E-state index >= 15 is 4.39 Å². The van der Waals surface area contributed by atoms with Gasteiger partial charge in [-0.2, -0.15) is 4.98 Å². The van der Waals surface area contributed by atoms with Crippen LogP contribution in [-0.2, 0) is 9.59 Å². The number of nitrogens with one attached hydrogen (secondary N) is 5. The van der Waals surface area contributed by atoms with Crippen LogP contribution in [0.4, 0.5) is 43.3 Å². The summed E-state index contributed by atoms with van der Waals surface area (Å²) in [5.74, 6) is -2.39. The summed E-state index contributed by atoms with van der Waals surface area (Å²) < 4.78 is 29.8. The van der Waals surface area contributed by atoms with Crippen molar-refractivity contribution in [3.63, 3.8) is 0 Å². The molecule has 63 heavy (non-hydrogen) atoms. The van der Waals surface area contributed by atoms with Gasteiger partial charge in [-0.25, -0.2) is 18.8 Å². The smallest absolute Gasteiger partial charge is 0.265 e. The number of piperazine rings is 1. The fraction of sp³-hybridized carbons (Fsp3) is 0.304. The van der Waals surface area contributed by atoms with Crippen molar-refractivity contribution in [2.75, 3.05) is 66.7 Å². The second-order valence-corrected chi connectivity index (χ2v) is 16.3. The fourth-order valence-electron chi connectivity index (χ4n) is 8.07. The van der Waals surface area contributed by atoms with Gasteiger partial charge in [0.05, 0.1) is 22.8 Å². The topological polar surface area (TPSA) is 164 Å². The standard InChI is InChI=1S/C46H47ClF2N10O4/c47-37-3-1-2-4-40(37)53-43(61)30-5-9-32(10-6-30)51-42-39(49)28-50-46(55-42)52-33-11-7-31(8-12-33)44(62)56-59-21-18-29(19-22-59)17-20-57-23-25-58(26-24-57)34-13-14-35(38(48)27-34)36-15-16-41(60)54-45(36)63/h1-14,27-29,36H,15-26H2,(H,53,61)(H,56,62)(H,54,60,63)(H2,50,51,52,55). The van der Waals surface area contributed by atoms with Crippen LogP contribution < -0.4 is 31.6 Å². The molecule has 4 aromatic carbocycles. The first-order valence-electron chi connectivity index (χ1n) is 21.0. The molecule has 1 unspecified atom stereocenters. The van der Waals surface area contributed by atoms with Gasteiger partial charge in [0.25, 0.3) is 11.8 Å². The highest BCUT2D eigenvalue weighted by Gasteiger charge is 2.31. The monoisotopic (exact) mass is 876 g/mol. The minimum Gasteiger partial charge on any atom is -0.369 e. The summed E-state index contributed by atoms with van der Waals surface area (Å²) in [5.41, 5.74) is 6.66. The Hall–Kier alpha value is -6.49. The number of piperidine rings is 2. The predicted octanol–water partition coefficient (Wildman–Crippen LogP) is 7.24. The summed E-state index contributed by atoms with van der Waals surface area (Å²) in [6.07, 6.45) is 4.60. The number of carbonyl (C=O) groups excluding carboxylic acids is 4. The number of hydrogen-bond acceptors (Lipinski definition) is 11. The second-order valence-electron chi connectivity index (χ2n) is 15.9. The van der Waals surface area contributed by atoms with Crippen molar-refractivity contribution in [3.05, 3.63) is 131 Å². The fourth-order valence-corrected chi connectivity index (χ4v) is 8.25. The van der Waals surface area contributed by atoms with Crippen molar-refractivity contribution in [2.24, 2.45) is 5.92 Å². The number of imide groups is 1. The highest BCUT2D eigenvalue weighted by atomic mass is 35.5. The van der Waals surface area contributed by atoms with Crippen LogP contribution in [0.15, 0.2) is 97.2 Å². The van der Waals surface area contributed by atoms with Gasteiger partial charge in [0.2, 0.25) is 17.8 Å². The quantitative estimate of drug-likeness (QED) is 0.0759. The first-order chi connectivity index (χ1) is 30.5. The molecule has 1 atom stereocenters. The van der Waals surface area contributed by atoms with E-state index in [0.29, 0.717) is 51.1 Å². The Balaban J connectivity index is 0.743. The molecule has 3 aliphatic heterocycles. The average Bonchev–Trinajstić information content (AvgIpc) is 3.29. The number of rotatable bonds is 13. The number of anilines is 6. The molecule has 3 fully saturated rings. The van der Waals surface area contributed by atoms with E-state index in [1.54, 1.807) is 78.9 Å². The van der Waals surface area contributed by atoms with Crippen molar-refractivity contribution in [1.29, 1.82) is 0 Å². The Bertz CT molecular complexity index is 2460. The maximum Gasteiger partial charge on any atom is 0.265 e. The van der Waals surface area contributed by atoms with E-state index in [-0.39, 0.29) is 35.9 Å². The third-order valence-electron chi connectivity index (χ3n) is 11.7. The Kier molecular flexibility index (Phi) is 13.5. The van der Waals surface area contributed by atoms with E-state index in [9.17, 15) is 23.6 Å². The zero-order valence-electron chi connectivity index (χ0n) is 34.4. The minimum absolute atomic E-state index is 0.0632. The molecule has 1 aromatic heterocycles. The molecule has 3 aliphatic rings. The number of carbonyl (C=O) groups is 4. The molecule has 17 heteroatoms. The maximum absolute atomic E-state index is 15.1. The van der Waals surface area contributed by atoms with Crippen LogP contribution >= 0.6 is 11.6 Å². The molecule has 326 valence electrons. The van der Waals surface area contributed by atoms with Gasteiger partial charge < -0.3 is 20.9 Å². The molecule has 0 radical (unpaired) electrons. The lowest BCUT2D eigenvalue weighted by Gasteiger charge is -2.38. The molecular weight excluding hydrogens is 830 g/mol. The second kappa shape index (κ2) is 19.7. The summed E-state index contributed by atoms with van der Waals surface area (Å²) in [4.78, 5) is 62.5. The first kappa shape index (κ1) is 43.2. The molecule has 4 heterocycles. The van der Waals surface area contributed by atoms with E-state index < -0.39 is 23.5 Å². The number of aromatic nitrogens is 2. The van der Waals surface area contributed by atoms with E-state index in [0.717, 1.165) is 77.0 Å². The van der Waals surface area contributed by atoms with Gasteiger partial charge in [0, 0.05) is 79.4 Å². The summed E-state index contributed by atoms with van der Waals surface area (Å²) in [6.45, 7) is 5.81. The maximum atomic E-state index is 15.1. The molecule has 4 amide bonds. The Labute approximate surface area is 368 Å². The Morgan fingerprint density at radius 1 is 0.778 bits per heavy atom. The molecule has 0 bridgehead atoms. The Morgan fingerprint density at radius 3 is 2.14 bits per heavy atom.